The fraction of sp³-hybridized carbons (Fsp3) is 0. The normalized spacial score (nSPS) is 12.0. The van der Waals surface area contributed by atoms with Crippen LogP contribution in [0.15, 0.2) is 124 Å². The van der Waals surface area contributed by atoms with Crippen LogP contribution in [0.4, 0.5) is 0 Å². The Labute approximate surface area is 227 Å². The first-order chi connectivity index (χ1) is 19.8. The van der Waals surface area contributed by atoms with E-state index in [4.69, 9.17) is 23.8 Å². The molecule has 0 saturated heterocycles. The number of para-hydroxylation sites is 3. The van der Waals surface area contributed by atoms with Gasteiger partial charge in [0.2, 0.25) is 5.71 Å². The average molecular weight is 514 g/mol. The number of pyridine rings is 1. The molecule has 0 unspecified atom stereocenters. The Hall–Kier alpha value is -5.55. The van der Waals surface area contributed by atoms with Gasteiger partial charge in [-0.15, -0.1) is 0 Å². The van der Waals surface area contributed by atoms with Crippen LogP contribution in [0.1, 0.15) is 0 Å². The summed E-state index contributed by atoms with van der Waals surface area (Å²) in [5.74, 6) is 0.511. The van der Waals surface area contributed by atoms with E-state index < -0.39 is 0 Å². The van der Waals surface area contributed by atoms with E-state index in [9.17, 15) is 0 Å². The quantitative estimate of drug-likeness (QED) is 0.216. The molecule has 40 heavy (non-hydrogen) atoms. The Morgan fingerprint density at radius 3 is 1.98 bits per heavy atom. The van der Waals surface area contributed by atoms with Crippen LogP contribution in [0.5, 0.6) is 0 Å². The highest BCUT2D eigenvalue weighted by Crippen LogP contribution is 2.40. The number of benzene rings is 5. The van der Waals surface area contributed by atoms with Gasteiger partial charge < -0.3 is 8.83 Å². The van der Waals surface area contributed by atoms with Crippen LogP contribution in [-0.2, 0) is 0 Å². The number of fused-ring (bicyclic) bond motifs is 9. The highest BCUT2D eigenvalue weighted by molar-refractivity contribution is 6.18. The van der Waals surface area contributed by atoms with Crippen LogP contribution in [0.25, 0.3) is 88.5 Å². The number of hydrogen-bond acceptors (Lipinski definition) is 5. The number of nitrogens with zero attached hydrogens (tertiary/aromatic N) is 3. The first-order valence-electron chi connectivity index (χ1n) is 13.2. The fourth-order valence-corrected chi connectivity index (χ4v) is 5.87. The van der Waals surface area contributed by atoms with Crippen molar-refractivity contribution in [2.45, 2.75) is 0 Å². The van der Waals surface area contributed by atoms with Gasteiger partial charge in [0.25, 0.3) is 0 Å². The average Bonchev–Trinajstić information content (AvgIpc) is 3.57. The summed E-state index contributed by atoms with van der Waals surface area (Å²) in [5.41, 5.74) is 6.37. The molecule has 4 aromatic heterocycles. The molecule has 5 nitrogen and oxygen atoms in total. The summed E-state index contributed by atoms with van der Waals surface area (Å²) >= 11 is 0. The Morgan fingerprint density at radius 1 is 0.425 bits per heavy atom. The number of aromatic nitrogens is 3. The number of rotatable bonds is 2. The van der Waals surface area contributed by atoms with E-state index in [1.54, 1.807) is 0 Å². The second-order valence-electron chi connectivity index (χ2n) is 10.0. The molecule has 0 aliphatic heterocycles. The van der Waals surface area contributed by atoms with Crippen LogP contribution >= 0.6 is 0 Å². The van der Waals surface area contributed by atoms with E-state index >= 15 is 0 Å². The lowest BCUT2D eigenvalue weighted by atomic mass is 10.00. The zero-order chi connectivity index (χ0) is 26.2. The van der Waals surface area contributed by atoms with Crippen molar-refractivity contribution < 1.29 is 8.83 Å². The largest absolute Gasteiger partial charge is 0.456 e. The van der Waals surface area contributed by atoms with Crippen LogP contribution in [0.2, 0.25) is 0 Å². The summed E-state index contributed by atoms with van der Waals surface area (Å²) in [6.45, 7) is 0. The number of furan rings is 2. The molecular formula is C35H19N3O2. The van der Waals surface area contributed by atoms with Crippen LogP contribution < -0.4 is 0 Å². The summed E-state index contributed by atoms with van der Waals surface area (Å²) < 4.78 is 12.6. The Kier molecular flexibility index (Phi) is 4.27. The monoisotopic (exact) mass is 513 g/mol. The van der Waals surface area contributed by atoms with E-state index in [0.717, 1.165) is 71.2 Å². The van der Waals surface area contributed by atoms with Gasteiger partial charge in [-0.05, 0) is 35.7 Å². The third-order valence-corrected chi connectivity index (χ3v) is 7.70. The first-order valence-corrected chi connectivity index (χ1v) is 13.2. The molecule has 0 spiro atoms. The predicted molar refractivity (Wildman–Crippen MR) is 160 cm³/mol. The molecule has 5 heteroatoms. The second kappa shape index (κ2) is 7.98. The zero-order valence-electron chi connectivity index (χ0n) is 21.1. The van der Waals surface area contributed by atoms with Gasteiger partial charge in [0.15, 0.2) is 5.82 Å². The van der Waals surface area contributed by atoms with Gasteiger partial charge in [0.1, 0.15) is 22.4 Å². The van der Waals surface area contributed by atoms with Crippen molar-refractivity contribution in [3.05, 3.63) is 115 Å². The highest BCUT2D eigenvalue weighted by atomic mass is 16.3. The first kappa shape index (κ1) is 21.4. The topological polar surface area (TPSA) is 65.0 Å². The molecule has 4 heterocycles. The van der Waals surface area contributed by atoms with Gasteiger partial charge in [0.05, 0.1) is 16.6 Å². The van der Waals surface area contributed by atoms with E-state index in [-0.39, 0.29) is 0 Å². The Morgan fingerprint density at radius 2 is 1.12 bits per heavy atom. The molecule has 0 aliphatic rings. The van der Waals surface area contributed by atoms with Crippen molar-refractivity contribution in [1.82, 2.24) is 15.0 Å². The summed E-state index contributed by atoms with van der Waals surface area (Å²) in [5, 5.41) is 7.13. The molecule has 0 fully saturated rings. The molecular weight excluding hydrogens is 494 g/mol. The smallest absolute Gasteiger partial charge is 0.231 e. The molecule has 0 bridgehead atoms. The molecule has 9 aromatic rings. The van der Waals surface area contributed by atoms with Crippen molar-refractivity contribution in [3.63, 3.8) is 0 Å². The van der Waals surface area contributed by atoms with Crippen molar-refractivity contribution in [2.24, 2.45) is 0 Å². The Bertz CT molecular complexity index is 2440. The van der Waals surface area contributed by atoms with Crippen molar-refractivity contribution in [1.29, 1.82) is 0 Å². The van der Waals surface area contributed by atoms with Gasteiger partial charge in [-0.25, -0.2) is 9.97 Å². The molecule has 0 saturated carbocycles. The van der Waals surface area contributed by atoms with E-state index in [1.807, 2.05) is 72.8 Å². The minimum absolute atomic E-state index is 0.511. The van der Waals surface area contributed by atoms with Crippen molar-refractivity contribution >= 4 is 65.7 Å². The van der Waals surface area contributed by atoms with E-state index in [2.05, 4.69) is 42.5 Å². The third-order valence-electron chi connectivity index (χ3n) is 7.70. The molecule has 0 amide bonds. The maximum atomic E-state index is 6.29. The highest BCUT2D eigenvalue weighted by Gasteiger charge is 2.21. The van der Waals surface area contributed by atoms with Gasteiger partial charge in [0, 0.05) is 32.5 Å². The van der Waals surface area contributed by atoms with Gasteiger partial charge in [-0.3, -0.25) is 0 Å². The lowest BCUT2D eigenvalue weighted by molar-refractivity contribution is 0.653. The van der Waals surface area contributed by atoms with Gasteiger partial charge >= 0.3 is 0 Å². The fourth-order valence-electron chi connectivity index (χ4n) is 5.87. The van der Waals surface area contributed by atoms with Crippen molar-refractivity contribution in [3.8, 4) is 22.8 Å². The summed E-state index contributed by atoms with van der Waals surface area (Å²) in [7, 11) is 0. The van der Waals surface area contributed by atoms with Crippen LogP contribution in [-0.4, -0.2) is 15.0 Å². The van der Waals surface area contributed by atoms with Crippen molar-refractivity contribution in [2.75, 3.05) is 0 Å². The maximum absolute atomic E-state index is 6.29. The molecule has 0 aliphatic carbocycles. The molecule has 0 radical (unpaired) electrons. The lowest BCUT2D eigenvalue weighted by Gasteiger charge is -2.11. The summed E-state index contributed by atoms with van der Waals surface area (Å²) in [6.07, 6.45) is 0. The van der Waals surface area contributed by atoms with Crippen LogP contribution in [0.3, 0.4) is 0 Å². The predicted octanol–water partition coefficient (Wildman–Crippen LogP) is 9.31. The summed E-state index contributed by atoms with van der Waals surface area (Å²) in [4.78, 5) is 15.3. The standard InChI is InChI=1S/C35H19N3O2/c1-2-10-20(11-3-1)32-31-23-14-6-9-17-29(23)40-35(31)38-34(37-32)33-26-19-30-25(22-13-5-8-16-28(22)39-30)18-24(26)21-12-4-7-15-27(21)36-33/h1-19H. The Balaban J connectivity index is 1.43. The van der Waals surface area contributed by atoms with Gasteiger partial charge in [-0.1, -0.05) is 84.9 Å². The molecule has 0 N–H and O–H groups in total. The molecule has 5 aromatic carbocycles. The molecule has 0 atom stereocenters. The van der Waals surface area contributed by atoms with Crippen LogP contribution in [0, 0.1) is 0 Å². The number of hydrogen-bond donors (Lipinski definition) is 0. The third kappa shape index (κ3) is 3.00. The molecule has 9 rings (SSSR count). The maximum Gasteiger partial charge on any atom is 0.231 e. The second-order valence-corrected chi connectivity index (χ2v) is 10.0. The summed E-state index contributed by atoms with van der Waals surface area (Å²) in [6, 6.07) is 38.8. The minimum Gasteiger partial charge on any atom is -0.456 e. The van der Waals surface area contributed by atoms with E-state index in [1.165, 1.54) is 0 Å². The molecule has 186 valence electrons. The van der Waals surface area contributed by atoms with Gasteiger partial charge in [-0.2, -0.15) is 4.98 Å². The SMILES string of the molecule is c1ccc(-c2nc(-c3nc4ccccc4c4cc5c(cc34)oc3ccccc35)nc3oc4ccccc4c23)cc1. The minimum atomic E-state index is 0.511. The van der Waals surface area contributed by atoms with E-state index in [0.29, 0.717) is 17.2 Å². The lowest BCUT2D eigenvalue weighted by Crippen LogP contribution is -1.97. The zero-order valence-corrected chi connectivity index (χ0v) is 21.1.